The van der Waals surface area contributed by atoms with Crippen molar-refractivity contribution in [3.05, 3.63) is 39.7 Å². The minimum absolute atomic E-state index is 0.00299. The Balaban J connectivity index is 1.60. The van der Waals surface area contributed by atoms with Crippen LogP contribution in [0.3, 0.4) is 0 Å². The first-order chi connectivity index (χ1) is 19.6. The third-order valence-electron chi connectivity index (χ3n) is 7.92. The Morgan fingerprint density at radius 2 is 1.85 bits per heavy atom. The first kappa shape index (κ1) is 31.3. The summed E-state index contributed by atoms with van der Waals surface area (Å²) in [6, 6.07) is 4.83. The third-order valence-corrected chi connectivity index (χ3v) is 7.92. The fourth-order valence-electron chi connectivity index (χ4n) is 5.45. The number of nitrogens with one attached hydrogen (secondary N) is 2. The monoisotopic (exact) mass is 580 g/mol. The molecule has 7 atom stereocenters. The molecular formula is C28H40N2O11. The number of amides is 1. The van der Waals surface area contributed by atoms with Crippen LogP contribution in [0.5, 0.6) is 5.75 Å². The van der Waals surface area contributed by atoms with Gasteiger partial charge in [0.1, 0.15) is 59.8 Å². The van der Waals surface area contributed by atoms with Crippen LogP contribution in [-0.4, -0.2) is 101 Å². The van der Waals surface area contributed by atoms with Crippen molar-refractivity contribution in [2.45, 2.75) is 75.1 Å². The van der Waals surface area contributed by atoms with Crippen molar-refractivity contribution >= 4 is 16.9 Å². The second kappa shape index (κ2) is 13.6. The van der Waals surface area contributed by atoms with Crippen LogP contribution >= 0.6 is 0 Å². The summed E-state index contributed by atoms with van der Waals surface area (Å²) in [7, 11) is 1.81. The lowest BCUT2D eigenvalue weighted by Crippen LogP contribution is -2.54. The summed E-state index contributed by atoms with van der Waals surface area (Å²) >= 11 is 0. The number of carbonyl (C=O) groups is 1. The molecule has 2 aliphatic rings. The van der Waals surface area contributed by atoms with Crippen LogP contribution in [0.4, 0.5) is 0 Å². The van der Waals surface area contributed by atoms with Crippen LogP contribution in [-0.2, 0) is 21.0 Å². The number of hydrogen-bond acceptors (Lipinski definition) is 12. The van der Waals surface area contributed by atoms with Gasteiger partial charge in [-0.1, -0.05) is 0 Å². The Morgan fingerprint density at radius 1 is 1.10 bits per heavy atom. The minimum atomic E-state index is -1.81. The minimum Gasteiger partial charge on any atom is -0.484 e. The van der Waals surface area contributed by atoms with Crippen molar-refractivity contribution in [3.63, 3.8) is 0 Å². The van der Waals surface area contributed by atoms with Gasteiger partial charge in [0, 0.05) is 37.9 Å². The average Bonchev–Trinajstić information content (AvgIpc) is 3.37. The van der Waals surface area contributed by atoms with Gasteiger partial charge < -0.3 is 45.3 Å². The molecule has 0 radical (unpaired) electrons. The molecule has 228 valence electrons. The molecular weight excluding hydrogens is 540 g/mol. The number of aliphatic hydroxyl groups is 5. The number of benzene rings is 1. The number of carbonyl (C=O) groups excluding carboxylic acids is 1. The molecule has 4 rings (SSSR count). The second-order valence-electron chi connectivity index (χ2n) is 11.0. The average molecular weight is 581 g/mol. The van der Waals surface area contributed by atoms with E-state index in [0.29, 0.717) is 66.8 Å². The zero-order valence-electron chi connectivity index (χ0n) is 23.2. The van der Waals surface area contributed by atoms with Gasteiger partial charge >= 0.3 is 0 Å². The predicted octanol–water partition coefficient (Wildman–Crippen LogP) is -0.946. The summed E-state index contributed by atoms with van der Waals surface area (Å²) in [5, 5.41) is 55.3. The maximum Gasteiger partial charge on any atom is 0.220 e. The smallest absolute Gasteiger partial charge is 0.220 e. The quantitative estimate of drug-likeness (QED) is 0.107. The highest BCUT2D eigenvalue weighted by Crippen LogP contribution is 2.42. The Hall–Kier alpha value is -2.62. The standard InChI is InChI=1S/C28H40N2O11/c1-15-7-19(32)18-9-17-10-24(41-38-14-21(34)27(37)26(36)20(33)13-31)28(5-6-29-2,40-22(17)11-23(18)39-15)4-3-16-8-25(35)30-12-16/h7,9,11,16,20-21,24,26-27,29,31,33-34,36-37H,3-6,8,10,12-14H2,1-2H3,(H,30,35)/t16-,20-,21+,24-,26-,27-,28+/m1/s1. The van der Waals surface area contributed by atoms with Crippen molar-refractivity contribution < 1.29 is 49.3 Å². The van der Waals surface area contributed by atoms with Gasteiger partial charge in [0.2, 0.25) is 5.91 Å². The number of hydrogen-bond donors (Lipinski definition) is 7. The number of fused-ring (bicyclic) bond motifs is 2. The molecule has 1 saturated heterocycles. The van der Waals surface area contributed by atoms with Crippen molar-refractivity contribution in [2.75, 3.05) is 33.4 Å². The summed E-state index contributed by atoms with van der Waals surface area (Å²) in [5.41, 5.74) is -0.0259. The van der Waals surface area contributed by atoms with E-state index in [2.05, 4.69) is 10.6 Å². The summed E-state index contributed by atoms with van der Waals surface area (Å²) in [4.78, 5) is 35.7. The second-order valence-corrected chi connectivity index (χ2v) is 11.0. The number of rotatable bonds is 14. The molecule has 2 aromatic rings. The van der Waals surface area contributed by atoms with E-state index in [1.807, 2.05) is 7.05 Å². The molecule has 1 fully saturated rings. The van der Waals surface area contributed by atoms with Crippen LogP contribution in [0.25, 0.3) is 11.0 Å². The van der Waals surface area contributed by atoms with E-state index >= 15 is 0 Å². The van der Waals surface area contributed by atoms with Gasteiger partial charge in [0.15, 0.2) is 5.43 Å². The highest BCUT2D eigenvalue weighted by molar-refractivity contribution is 5.80. The van der Waals surface area contributed by atoms with Crippen molar-refractivity contribution in [1.82, 2.24) is 10.6 Å². The molecule has 0 spiro atoms. The van der Waals surface area contributed by atoms with Crippen LogP contribution < -0.4 is 20.8 Å². The first-order valence-corrected chi connectivity index (χ1v) is 13.9. The molecule has 1 amide bonds. The lowest BCUT2D eigenvalue weighted by Gasteiger charge is -2.44. The van der Waals surface area contributed by atoms with Gasteiger partial charge in [-0.05, 0) is 50.9 Å². The molecule has 41 heavy (non-hydrogen) atoms. The summed E-state index contributed by atoms with van der Waals surface area (Å²) in [6.07, 6.45) is -5.25. The van der Waals surface area contributed by atoms with Gasteiger partial charge in [-0.25, -0.2) is 9.78 Å². The normalized spacial score (nSPS) is 25.3. The van der Waals surface area contributed by atoms with Gasteiger partial charge in [-0.2, -0.15) is 0 Å². The lowest BCUT2D eigenvalue weighted by atomic mass is 9.79. The molecule has 2 aliphatic heterocycles. The molecule has 13 heteroatoms. The first-order valence-electron chi connectivity index (χ1n) is 13.9. The maximum atomic E-state index is 12.6. The third kappa shape index (κ3) is 7.24. The Kier molecular flexibility index (Phi) is 10.4. The molecule has 13 nitrogen and oxygen atoms in total. The lowest BCUT2D eigenvalue weighted by molar-refractivity contribution is -0.362. The fourth-order valence-corrected chi connectivity index (χ4v) is 5.45. The van der Waals surface area contributed by atoms with Crippen LogP contribution in [0.2, 0.25) is 0 Å². The summed E-state index contributed by atoms with van der Waals surface area (Å²) in [5.74, 6) is 1.14. The Bertz CT molecular complexity index is 1250. The predicted molar refractivity (Wildman–Crippen MR) is 145 cm³/mol. The molecule has 1 aromatic heterocycles. The molecule has 1 aromatic carbocycles. The summed E-state index contributed by atoms with van der Waals surface area (Å²) < 4.78 is 12.5. The molecule has 3 heterocycles. The summed E-state index contributed by atoms with van der Waals surface area (Å²) in [6.45, 7) is 1.48. The van der Waals surface area contributed by atoms with Gasteiger partial charge in [0.05, 0.1) is 12.0 Å². The SMILES string of the molecule is CNCC[C@]1(CC[C@H]2CNC(=O)C2)Oc2cc3oc(C)cc(=O)c3cc2C[C@H]1OOC[C@H](O)[C@@H](O)[C@H](O)[C@H](O)CO. The van der Waals surface area contributed by atoms with Crippen molar-refractivity contribution in [3.8, 4) is 5.75 Å². The molecule has 0 bridgehead atoms. The highest BCUT2D eigenvalue weighted by Gasteiger charge is 2.47. The topological polar surface area (TPSA) is 200 Å². The van der Waals surface area contributed by atoms with Gasteiger partial charge in [0.25, 0.3) is 0 Å². The van der Waals surface area contributed by atoms with Crippen LogP contribution in [0.1, 0.15) is 37.0 Å². The van der Waals surface area contributed by atoms with Crippen molar-refractivity contribution in [1.29, 1.82) is 0 Å². The molecule has 0 aliphatic carbocycles. The highest BCUT2D eigenvalue weighted by atomic mass is 17.2. The van der Waals surface area contributed by atoms with E-state index in [4.69, 9.17) is 24.0 Å². The number of aryl methyl sites for hydroxylation is 1. The van der Waals surface area contributed by atoms with Gasteiger partial charge in [-0.3, -0.25) is 9.59 Å². The fraction of sp³-hybridized carbons (Fsp3) is 0.643. The molecule has 0 saturated carbocycles. The van der Waals surface area contributed by atoms with Crippen molar-refractivity contribution in [2.24, 2.45) is 5.92 Å². The zero-order chi connectivity index (χ0) is 29.7. The Labute approximate surface area is 237 Å². The van der Waals surface area contributed by atoms with E-state index in [1.54, 1.807) is 19.1 Å². The maximum absolute atomic E-state index is 12.6. The van der Waals surface area contributed by atoms with Crippen LogP contribution in [0.15, 0.2) is 27.4 Å². The van der Waals surface area contributed by atoms with E-state index < -0.39 is 49.3 Å². The zero-order valence-corrected chi connectivity index (χ0v) is 23.2. The Morgan fingerprint density at radius 3 is 2.54 bits per heavy atom. The molecule has 7 N–H and O–H groups in total. The van der Waals surface area contributed by atoms with E-state index in [0.717, 1.165) is 0 Å². The largest absolute Gasteiger partial charge is 0.484 e. The van der Waals surface area contributed by atoms with E-state index in [-0.39, 0.29) is 23.7 Å². The van der Waals surface area contributed by atoms with Crippen LogP contribution in [0, 0.1) is 12.8 Å². The van der Waals surface area contributed by atoms with Gasteiger partial charge in [-0.15, -0.1) is 0 Å². The number of ether oxygens (including phenoxy) is 1. The van der Waals surface area contributed by atoms with E-state index in [9.17, 15) is 30.0 Å². The number of aliphatic hydroxyl groups excluding tert-OH is 5. The molecule has 0 unspecified atom stereocenters. The van der Waals surface area contributed by atoms with E-state index in [1.165, 1.54) is 6.07 Å².